The van der Waals surface area contributed by atoms with Crippen molar-refractivity contribution in [2.24, 2.45) is 0 Å². The Morgan fingerprint density at radius 2 is 1.68 bits per heavy atom. The van der Waals surface area contributed by atoms with Crippen LogP contribution in [0.15, 0.2) is 59.5 Å². The van der Waals surface area contributed by atoms with Crippen molar-refractivity contribution in [3.05, 3.63) is 54.6 Å². The third-order valence-electron chi connectivity index (χ3n) is 2.97. The number of hydrogen-bond donors (Lipinski definition) is 1. The predicted octanol–water partition coefficient (Wildman–Crippen LogP) is 2.74. The summed E-state index contributed by atoms with van der Waals surface area (Å²) in [6.07, 6.45) is 0. The Balaban J connectivity index is 2.17. The molecule has 0 aliphatic heterocycles. The van der Waals surface area contributed by atoms with Crippen LogP contribution in [0.2, 0.25) is 0 Å². The maximum Gasteiger partial charge on any atom is 0.124 e. The summed E-state index contributed by atoms with van der Waals surface area (Å²) < 4.78 is 33.0. The lowest BCUT2D eigenvalue weighted by Gasteiger charge is -2.05. The second-order valence-electron chi connectivity index (χ2n) is 4.25. The predicted molar refractivity (Wildman–Crippen MR) is 71.7 cm³/mol. The first-order valence-corrected chi connectivity index (χ1v) is 7.09. The Morgan fingerprint density at radius 1 is 0.947 bits per heavy atom. The van der Waals surface area contributed by atoms with Gasteiger partial charge in [-0.1, -0.05) is 30.3 Å². The first-order chi connectivity index (χ1) is 9.04. The van der Waals surface area contributed by atoms with E-state index < -0.39 is 10.1 Å². The summed E-state index contributed by atoms with van der Waals surface area (Å²) in [5.41, 5.74) is 2.69. The van der Waals surface area contributed by atoms with Crippen LogP contribution < -0.4 is 0 Å². The van der Waals surface area contributed by atoms with Gasteiger partial charge < -0.3 is 9.54 Å². The van der Waals surface area contributed by atoms with Crippen molar-refractivity contribution in [2.75, 3.05) is 0 Å². The van der Waals surface area contributed by atoms with E-state index in [0.29, 0.717) is 5.39 Å². The van der Waals surface area contributed by atoms with Gasteiger partial charge in [-0.2, -0.15) is 0 Å². The molecule has 0 aliphatic carbocycles. The second kappa shape index (κ2) is 4.22. The first kappa shape index (κ1) is 12.0. The van der Waals surface area contributed by atoms with E-state index >= 15 is 0 Å². The summed E-state index contributed by atoms with van der Waals surface area (Å²) in [6, 6.07) is 15.8. The summed E-state index contributed by atoms with van der Waals surface area (Å²) in [4.78, 5) is 2.98. The van der Waals surface area contributed by atoms with Crippen molar-refractivity contribution in [3.63, 3.8) is 0 Å². The van der Waals surface area contributed by atoms with Gasteiger partial charge in [0.1, 0.15) is 10.1 Å². The lowest BCUT2D eigenvalue weighted by molar-refractivity contribution is 0.463. The molecule has 4 nitrogen and oxygen atoms in total. The summed E-state index contributed by atoms with van der Waals surface area (Å²) in [7, 11) is -4.41. The number of fused-ring (bicyclic) bond motifs is 1. The quantitative estimate of drug-likeness (QED) is 0.729. The van der Waals surface area contributed by atoms with Gasteiger partial charge in [0.2, 0.25) is 0 Å². The van der Waals surface area contributed by atoms with E-state index in [1.54, 1.807) is 6.07 Å². The second-order valence-corrected chi connectivity index (χ2v) is 5.63. The summed E-state index contributed by atoms with van der Waals surface area (Å²) in [5, 5.41) is 0.704. The molecule has 0 atom stereocenters. The summed E-state index contributed by atoms with van der Waals surface area (Å²) >= 11 is 0. The Bertz CT molecular complexity index is 836. The Labute approximate surface area is 110 Å². The van der Waals surface area contributed by atoms with Crippen molar-refractivity contribution < 1.29 is 13.0 Å². The van der Waals surface area contributed by atoms with Crippen LogP contribution in [-0.4, -0.2) is 18.0 Å². The van der Waals surface area contributed by atoms with Crippen molar-refractivity contribution >= 4 is 21.0 Å². The molecule has 0 aliphatic rings. The lowest BCUT2D eigenvalue weighted by Crippen LogP contribution is -1.97. The van der Waals surface area contributed by atoms with E-state index in [9.17, 15) is 13.0 Å². The zero-order valence-corrected chi connectivity index (χ0v) is 10.6. The van der Waals surface area contributed by atoms with Gasteiger partial charge in [-0.15, -0.1) is 0 Å². The molecular weight excluding hydrogens is 262 g/mol. The molecule has 0 amide bonds. The van der Waals surface area contributed by atoms with Crippen molar-refractivity contribution in [1.82, 2.24) is 4.98 Å². The maximum absolute atomic E-state index is 11.0. The molecule has 0 bridgehead atoms. The highest BCUT2D eigenvalue weighted by atomic mass is 32.2. The molecule has 96 valence electrons. The monoisotopic (exact) mass is 272 g/mol. The van der Waals surface area contributed by atoms with Crippen LogP contribution in [0.3, 0.4) is 0 Å². The molecular formula is C14H10NO3S-. The SMILES string of the molecule is O=S(=O)([O-])c1ccc2[nH]c(-c3ccccc3)cc2c1. The molecule has 1 N–H and O–H groups in total. The van der Waals surface area contributed by atoms with E-state index in [-0.39, 0.29) is 4.90 Å². The minimum atomic E-state index is -4.41. The van der Waals surface area contributed by atoms with E-state index in [0.717, 1.165) is 16.8 Å². The van der Waals surface area contributed by atoms with Crippen LogP contribution in [0.25, 0.3) is 22.2 Å². The highest BCUT2D eigenvalue weighted by molar-refractivity contribution is 7.85. The Kier molecular flexibility index (Phi) is 2.66. The Morgan fingerprint density at radius 3 is 2.37 bits per heavy atom. The van der Waals surface area contributed by atoms with Crippen LogP contribution in [0.1, 0.15) is 0 Å². The number of rotatable bonds is 2. The fourth-order valence-electron chi connectivity index (χ4n) is 2.04. The van der Waals surface area contributed by atoms with E-state index in [2.05, 4.69) is 4.98 Å². The summed E-state index contributed by atoms with van der Waals surface area (Å²) in [5.74, 6) is 0. The van der Waals surface area contributed by atoms with Gasteiger partial charge in [0, 0.05) is 16.6 Å². The van der Waals surface area contributed by atoms with Gasteiger partial charge in [0.15, 0.2) is 0 Å². The number of H-pyrrole nitrogens is 1. The van der Waals surface area contributed by atoms with Crippen LogP contribution in [0.5, 0.6) is 0 Å². The average molecular weight is 272 g/mol. The number of benzene rings is 2. The third kappa shape index (κ3) is 2.25. The Hall–Kier alpha value is -2.11. The number of nitrogens with one attached hydrogen (secondary N) is 1. The summed E-state index contributed by atoms with van der Waals surface area (Å²) in [6.45, 7) is 0. The average Bonchev–Trinajstić information content (AvgIpc) is 2.81. The van der Waals surface area contributed by atoms with Crippen molar-refractivity contribution in [3.8, 4) is 11.3 Å². The first-order valence-electron chi connectivity index (χ1n) is 5.68. The standard InChI is InChI=1S/C14H11NO3S/c16-19(17,18)12-6-7-13-11(8-12)9-14(15-13)10-4-2-1-3-5-10/h1-9,15H,(H,16,17,18)/p-1. The fourth-order valence-corrected chi connectivity index (χ4v) is 2.55. The molecule has 3 aromatic rings. The highest BCUT2D eigenvalue weighted by Crippen LogP contribution is 2.25. The molecule has 0 saturated carbocycles. The maximum atomic E-state index is 11.0. The molecule has 3 rings (SSSR count). The molecule has 0 saturated heterocycles. The third-order valence-corrected chi connectivity index (χ3v) is 3.80. The van der Waals surface area contributed by atoms with Crippen LogP contribution in [0.4, 0.5) is 0 Å². The number of aromatic amines is 1. The molecule has 2 aromatic carbocycles. The van der Waals surface area contributed by atoms with E-state index in [4.69, 9.17) is 0 Å². The highest BCUT2D eigenvalue weighted by Gasteiger charge is 2.06. The van der Waals surface area contributed by atoms with Gasteiger partial charge >= 0.3 is 0 Å². The minimum Gasteiger partial charge on any atom is -0.744 e. The van der Waals surface area contributed by atoms with Crippen LogP contribution in [-0.2, 0) is 10.1 Å². The van der Waals surface area contributed by atoms with Crippen molar-refractivity contribution in [1.29, 1.82) is 0 Å². The molecule has 1 aromatic heterocycles. The van der Waals surface area contributed by atoms with Crippen molar-refractivity contribution in [2.45, 2.75) is 4.90 Å². The topological polar surface area (TPSA) is 73.0 Å². The number of hydrogen-bond acceptors (Lipinski definition) is 3. The largest absolute Gasteiger partial charge is 0.744 e. The molecule has 19 heavy (non-hydrogen) atoms. The zero-order chi connectivity index (χ0) is 13.5. The van der Waals surface area contributed by atoms with Crippen LogP contribution in [0, 0.1) is 0 Å². The van der Waals surface area contributed by atoms with Gasteiger partial charge in [-0.25, -0.2) is 8.42 Å². The molecule has 0 spiro atoms. The molecule has 1 heterocycles. The van der Waals surface area contributed by atoms with Crippen LogP contribution >= 0.6 is 0 Å². The van der Waals surface area contributed by atoms with Gasteiger partial charge in [0.05, 0.1) is 4.90 Å². The lowest BCUT2D eigenvalue weighted by atomic mass is 10.1. The molecule has 5 heteroatoms. The molecule has 0 unspecified atom stereocenters. The van der Waals surface area contributed by atoms with Gasteiger partial charge in [-0.3, -0.25) is 0 Å². The number of aromatic nitrogens is 1. The smallest absolute Gasteiger partial charge is 0.124 e. The molecule has 0 radical (unpaired) electrons. The zero-order valence-electron chi connectivity index (χ0n) is 9.83. The van der Waals surface area contributed by atoms with Gasteiger partial charge in [-0.05, 0) is 29.8 Å². The minimum absolute atomic E-state index is 0.210. The van der Waals surface area contributed by atoms with E-state index in [1.165, 1.54) is 12.1 Å². The fraction of sp³-hybridized carbons (Fsp3) is 0. The normalized spacial score (nSPS) is 11.8. The van der Waals surface area contributed by atoms with E-state index in [1.807, 2.05) is 36.4 Å². The molecule has 0 fully saturated rings. The van der Waals surface area contributed by atoms with Gasteiger partial charge in [0.25, 0.3) is 0 Å².